The standard InChI is InChI=1S/C7H11NO4/c1-5(2)4-6(8(10)11)7(9)12-3/h4-5H,1-3H3. The van der Waals surface area contributed by atoms with Crippen molar-refractivity contribution in [3.05, 3.63) is 21.9 Å². The number of carbonyl (C=O) groups excluding carboxylic acids is 1. The topological polar surface area (TPSA) is 69.4 Å². The number of hydrogen-bond donors (Lipinski definition) is 0. The lowest BCUT2D eigenvalue weighted by Crippen LogP contribution is -2.13. The van der Waals surface area contributed by atoms with Gasteiger partial charge in [0, 0.05) is 6.08 Å². The van der Waals surface area contributed by atoms with Crippen molar-refractivity contribution in [3.63, 3.8) is 0 Å². The second-order valence-electron chi connectivity index (χ2n) is 2.54. The van der Waals surface area contributed by atoms with Gasteiger partial charge >= 0.3 is 11.7 Å². The molecule has 5 heteroatoms. The number of rotatable bonds is 3. The maximum Gasteiger partial charge on any atom is 0.409 e. The fourth-order valence-corrected chi connectivity index (χ4v) is 0.624. The highest BCUT2D eigenvalue weighted by molar-refractivity contribution is 5.85. The molecule has 0 aliphatic rings. The van der Waals surface area contributed by atoms with Crippen LogP contribution in [0.4, 0.5) is 0 Å². The van der Waals surface area contributed by atoms with Gasteiger partial charge in [-0.2, -0.15) is 0 Å². The van der Waals surface area contributed by atoms with Crippen LogP contribution in [0.2, 0.25) is 0 Å². The molecule has 0 N–H and O–H groups in total. The van der Waals surface area contributed by atoms with Gasteiger partial charge in [0.2, 0.25) is 0 Å². The molecule has 0 atom stereocenters. The highest BCUT2D eigenvalue weighted by atomic mass is 16.6. The molecule has 0 aromatic rings. The van der Waals surface area contributed by atoms with Crippen LogP contribution in [0.3, 0.4) is 0 Å². The fraction of sp³-hybridized carbons (Fsp3) is 0.571. The molecule has 12 heavy (non-hydrogen) atoms. The summed E-state index contributed by atoms with van der Waals surface area (Å²) in [6.07, 6.45) is 1.26. The van der Waals surface area contributed by atoms with Crippen molar-refractivity contribution < 1.29 is 14.5 Å². The summed E-state index contributed by atoms with van der Waals surface area (Å²) >= 11 is 0. The van der Waals surface area contributed by atoms with Gasteiger partial charge < -0.3 is 4.74 Å². The van der Waals surface area contributed by atoms with E-state index in [0.717, 1.165) is 7.11 Å². The van der Waals surface area contributed by atoms with E-state index in [0.29, 0.717) is 0 Å². The summed E-state index contributed by atoms with van der Waals surface area (Å²) in [4.78, 5) is 20.3. The largest absolute Gasteiger partial charge is 0.461 e. The van der Waals surface area contributed by atoms with E-state index in [1.807, 2.05) is 0 Å². The van der Waals surface area contributed by atoms with Crippen molar-refractivity contribution in [2.75, 3.05) is 7.11 Å². The van der Waals surface area contributed by atoms with E-state index in [4.69, 9.17) is 0 Å². The Hall–Kier alpha value is -1.39. The predicted molar refractivity (Wildman–Crippen MR) is 41.9 cm³/mol. The Morgan fingerprint density at radius 1 is 1.58 bits per heavy atom. The molecule has 0 spiro atoms. The van der Waals surface area contributed by atoms with Gasteiger partial charge in [-0.15, -0.1) is 0 Å². The Labute approximate surface area is 70.2 Å². The smallest absolute Gasteiger partial charge is 0.409 e. The van der Waals surface area contributed by atoms with Crippen LogP contribution < -0.4 is 0 Å². The maximum absolute atomic E-state index is 10.8. The van der Waals surface area contributed by atoms with Crippen LogP contribution >= 0.6 is 0 Å². The molecule has 0 heterocycles. The molecule has 0 radical (unpaired) electrons. The summed E-state index contributed by atoms with van der Waals surface area (Å²) in [6, 6.07) is 0. The molecule has 0 saturated carbocycles. The van der Waals surface area contributed by atoms with Crippen molar-refractivity contribution in [1.82, 2.24) is 0 Å². The van der Waals surface area contributed by atoms with E-state index in [1.165, 1.54) is 6.08 Å². The lowest BCUT2D eigenvalue weighted by Gasteiger charge is -1.97. The third-order valence-corrected chi connectivity index (χ3v) is 1.08. The van der Waals surface area contributed by atoms with Crippen LogP contribution in [-0.2, 0) is 9.53 Å². The lowest BCUT2D eigenvalue weighted by molar-refractivity contribution is -0.421. The second kappa shape index (κ2) is 4.48. The molecule has 0 bridgehead atoms. The highest BCUT2D eigenvalue weighted by Crippen LogP contribution is 2.04. The SMILES string of the molecule is COC(=O)C(=CC(C)C)[N+](=O)[O-]. The average molecular weight is 173 g/mol. The molecule has 0 amide bonds. The van der Waals surface area contributed by atoms with Gasteiger partial charge in [0.15, 0.2) is 0 Å². The third kappa shape index (κ3) is 3.14. The van der Waals surface area contributed by atoms with Gasteiger partial charge in [0.1, 0.15) is 0 Å². The molecule has 0 unspecified atom stereocenters. The summed E-state index contributed by atoms with van der Waals surface area (Å²) in [5.74, 6) is -0.960. The molecule has 0 aromatic carbocycles. The molecule has 0 rings (SSSR count). The first-order chi connectivity index (χ1) is 5.49. The zero-order valence-electron chi connectivity index (χ0n) is 7.23. The van der Waals surface area contributed by atoms with Crippen molar-refractivity contribution in [2.45, 2.75) is 13.8 Å². The number of ether oxygens (including phenoxy) is 1. The summed E-state index contributed by atoms with van der Waals surface area (Å²) in [7, 11) is 1.11. The van der Waals surface area contributed by atoms with Gasteiger partial charge in [-0.05, 0) is 5.92 Å². The summed E-state index contributed by atoms with van der Waals surface area (Å²) < 4.78 is 4.23. The zero-order chi connectivity index (χ0) is 9.72. The van der Waals surface area contributed by atoms with Gasteiger partial charge in [-0.25, -0.2) is 4.79 Å². The summed E-state index contributed by atoms with van der Waals surface area (Å²) in [5.41, 5.74) is -0.507. The predicted octanol–water partition coefficient (Wildman–Crippen LogP) is 0.976. The molecule has 68 valence electrons. The molecular weight excluding hydrogens is 162 g/mol. The Morgan fingerprint density at radius 2 is 2.08 bits per heavy atom. The maximum atomic E-state index is 10.8. The van der Waals surface area contributed by atoms with E-state index < -0.39 is 16.6 Å². The van der Waals surface area contributed by atoms with Gasteiger partial charge in [0.05, 0.1) is 12.0 Å². The van der Waals surface area contributed by atoms with Crippen LogP contribution in [0, 0.1) is 16.0 Å². The van der Waals surface area contributed by atoms with E-state index in [1.54, 1.807) is 13.8 Å². The first-order valence-corrected chi connectivity index (χ1v) is 3.43. The highest BCUT2D eigenvalue weighted by Gasteiger charge is 2.22. The number of nitro groups is 1. The molecule has 0 fully saturated rings. The number of allylic oxidation sites excluding steroid dienone is 1. The van der Waals surface area contributed by atoms with Crippen molar-refractivity contribution >= 4 is 5.97 Å². The Balaban J connectivity index is 4.67. The molecule has 0 saturated heterocycles. The Morgan fingerprint density at radius 3 is 2.33 bits per heavy atom. The summed E-state index contributed by atoms with van der Waals surface area (Å²) in [5, 5.41) is 10.3. The van der Waals surface area contributed by atoms with Crippen LogP contribution in [-0.4, -0.2) is 18.0 Å². The number of hydrogen-bond acceptors (Lipinski definition) is 4. The first-order valence-electron chi connectivity index (χ1n) is 3.43. The quantitative estimate of drug-likeness (QED) is 0.276. The van der Waals surface area contributed by atoms with Crippen molar-refractivity contribution in [3.8, 4) is 0 Å². The third-order valence-electron chi connectivity index (χ3n) is 1.08. The van der Waals surface area contributed by atoms with E-state index in [9.17, 15) is 14.9 Å². The van der Waals surface area contributed by atoms with Crippen molar-refractivity contribution in [2.24, 2.45) is 5.92 Å². The van der Waals surface area contributed by atoms with Gasteiger partial charge in [-0.3, -0.25) is 10.1 Å². The van der Waals surface area contributed by atoms with E-state index >= 15 is 0 Å². The molecular formula is C7H11NO4. The van der Waals surface area contributed by atoms with E-state index in [-0.39, 0.29) is 5.92 Å². The monoisotopic (exact) mass is 173 g/mol. The summed E-state index contributed by atoms with van der Waals surface area (Å²) in [6.45, 7) is 3.48. The van der Waals surface area contributed by atoms with E-state index in [2.05, 4.69) is 4.74 Å². The zero-order valence-corrected chi connectivity index (χ0v) is 7.23. The van der Waals surface area contributed by atoms with Crippen LogP contribution in [0.15, 0.2) is 11.8 Å². The Kier molecular flexibility index (Phi) is 3.96. The molecule has 0 aliphatic heterocycles. The minimum absolute atomic E-state index is 0.0514. The van der Waals surface area contributed by atoms with Crippen LogP contribution in [0.5, 0.6) is 0 Å². The molecule has 0 aromatic heterocycles. The first kappa shape index (κ1) is 10.6. The fourth-order valence-electron chi connectivity index (χ4n) is 0.624. The molecule has 5 nitrogen and oxygen atoms in total. The lowest BCUT2D eigenvalue weighted by atomic mass is 10.2. The number of methoxy groups -OCH3 is 1. The minimum atomic E-state index is -0.909. The normalized spacial score (nSPS) is 11.5. The second-order valence-corrected chi connectivity index (χ2v) is 2.54. The average Bonchev–Trinajstić information content (AvgIpc) is 1.98. The number of nitrogens with zero attached hydrogens (tertiary/aromatic N) is 1. The minimum Gasteiger partial charge on any atom is -0.461 e. The van der Waals surface area contributed by atoms with Gasteiger partial charge in [-0.1, -0.05) is 13.8 Å². The van der Waals surface area contributed by atoms with Crippen LogP contribution in [0.1, 0.15) is 13.8 Å². The number of esters is 1. The van der Waals surface area contributed by atoms with Crippen LogP contribution in [0.25, 0.3) is 0 Å². The van der Waals surface area contributed by atoms with Crippen molar-refractivity contribution in [1.29, 1.82) is 0 Å². The Bertz CT molecular complexity index is 219. The van der Waals surface area contributed by atoms with Gasteiger partial charge in [0.25, 0.3) is 0 Å². The molecule has 0 aliphatic carbocycles. The number of carbonyl (C=O) groups is 1.